The molecule has 0 saturated heterocycles. The number of nitrogens with one attached hydrogen (secondary N) is 1. The van der Waals surface area contributed by atoms with E-state index in [1.165, 1.54) is 5.56 Å². The van der Waals surface area contributed by atoms with Crippen LogP contribution in [-0.2, 0) is 11.2 Å². The van der Waals surface area contributed by atoms with E-state index in [4.69, 9.17) is 10.5 Å². The van der Waals surface area contributed by atoms with Gasteiger partial charge >= 0.3 is 0 Å². The van der Waals surface area contributed by atoms with Gasteiger partial charge in [-0.15, -0.1) is 0 Å². The van der Waals surface area contributed by atoms with Crippen LogP contribution in [0, 0.1) is 0 Å². The number of hydrogen-bond donors (Lipinski definition) is 2. The van der Waals surface area contributed by atoms with E-state index in [2.05, 4.69) is 18.3 Å². The first-order valence-corrected chi connectivity index (χ1v) is 7.21. The van der Waals surface area contributed by atoms with Crippen molar-refractivity contribution < 1.29 is 9.53 Å². The second-order valence-corrected chi connectivity index (χ2v) is 5.36. The Morgan fingerprint density at radius 2 is 2.15 bits per heavy atom. The predicted molar refractivity (Wildman–Crippen MR) is 81.8 cm³/mol. The Morgan fingerprint density at radius 3 is 2.70 bits per heavy atom. The number of benzene rings is 1. The number of carbonyl (C=O) groups is 1. The minimum atomic E-state index is -0.740. The lowest BCUT2D eigenvalue weighted by Gasteiger charge is -2.30. The first-order valence-electron chi connectivity index (χ1n) is 7.21. The number of likely N-dealkylation sites (N-methyl/N-ethyl adjacent to an activating group) is 1. The maximum atomic E-state index is 11.6. The average Bonchev–Trinajstić information content (AvgIpc) is 2.38. The molecule has 20 heavy (non-hydrogen) atoms. The van der Waals surface area contributed by atoms with E-state index in [1.807, 2.05) is 39.0 Å². The van der Waals surface area contributed by atoms with Gasteiger partial charge in [0.15, 0.2) is 0 Å². The normalized spacial score (nSPS) is 15.4. The highest BCUT2D eigenvalue weighted by Crippen LogP contribution is 2.19. The van der Waals surface area contributed by atoms with Crippen LogP contribution >= 0.6 is 0 Å². The summed E-state index contributed by atoms with van der Waals surface area (Å²) in [5.41, 5.74) is 5.98. The lowest BCUT2D eigenvalue weighted by Crippen LogP contribution is -2.55. The largest absolute Gasteiger partial charge is 0.491 e. The molecule has 0 aliphatic rings. The highest BCUT2D eigenvalue weighted by Gasteiger charge is 2.32. The molecule has 0 aromatic heterocycles. The van der Waals surface area contributed by atoms with Crippen molar-refractivity contribution in [2.24, 2.45) is 5.73 Å². The van der Waals surface area contributed by atoms with Crippen molar-refractivity contribution in [2.75, 3.05) is 6.54 Å². The Labute approximate surface area is 121 Å². The van der Waals surface area contributed by atoms with Crippen LogP contribution in [-0.4, -0.2) is 24.1 Å². The SMILES string of the molecule is CCNC(C)(CC(C)Oc1cccc(CC)c1)C(N)=O. The van der Waals surface area contributed by atoms with Gasteiger partial charge in [-0.05, 0) is 44.5 Å². The molecule has 112 valence electrons. The van der Waals surface area contributed by atoms with E-state index in [9.17, 15) is 4.79 Å². The summed E-state index contributed by atoms with van der Waals surface area (Å²) in [6.07, 6.45) is 1.41. The topological polar surface area (TPSA) is 64.3 Å². The van der Waals surface area contributed by atoms with Gasteiger partial charge in [0.05, 0.1) is 11.6 Å². The molecule has 1 aromatic carbocycles. The molecule has 1 rings (SSSR count). The van der Waals surface area contributed by atoms with Crippen molar-refractivity contribution in [3.8, 4) is 5.75 Å². The maximum absolute atomic E-state index is 11.6. The third kappa shape index (κ3) is 4.53. The fraction of sp³-hybridized carbons (Fsp3) is 0.562. The van der Waals surface area contributed by atoms with Crippen LogP contribution in [0.25, 0.3) is 0 Å². The lowest BCUT2D eigenvalue weighted by atomic mass is 9.94. The molecular formula is C16H26N2O2. The van der Waals surface area contributed by atoms with Gasteiger partial charge in [0.25, 0.3) is 0 Å². The van der Waals surface area contributed by atoms with Gasteiger partial charge in [0.1, 0.15) is 5.75 Å². The number of carbonyl (C=O) groups excluding carboxylic acids is 1. The van der Waals surface area contributed by atoms with Crippen molar-refractivity contribution >= 4 is 5.91 Å². The first-order chi connectivity index (χ1) is 9.41. The van der Waals surface area contributed by atoms with Crippen LogP contribution in [0.2, 0.25) is 0 Å². The summed E-state index contributed by atoms with van der Waals surface area (Å²) in [5, 5.41) is 3.14. The second-order valence-electron chi connectivity index (χ2n) is 5.36. The van der Waals surface area contributed by atoms with E-state index in [-0.39, 0.29) is 12.0 Å². The van der Waals surface area contributed by atoms with Crippen molar-refractivity contribution in [1.82, 2.24) is 5.32 Å². The number of rotatable bonds is 8. The number of amides is 1. The van der Waals surface area contributed by atoms with E-state index < -0.39 is 5.54 Å². The highest BCUT2D eigenvalue weighted by atomic mass is 16.5. The fourth-order valence-electron chi connectivity index (χ4n) is 2.34. The van der Waals surface area contributed by atoms with Gasteiger partial charge < -0.3 is 15.8 Å². The summed E-state index contributed by atoms with van der Waals surface area (Å²) in [4.78, 5) is 11.6. The van der Waals surface area contributed by atoms with Crippen LogP contribution in [0.1, 0.15) is 39.7 Å². The zero-order valence-corrected chi connectivity index (χ0v) is 12.9. The summed E-state index contributed by atoms with van der Waals surface area (Å²) >= 11 is 0. The van der Waals surface area contributed by atoms with Crippen LogP contribution in [0.15, 0.2) is 24.3 Å². The summed E-state index contributed by atoms with van der Waals surface area (Å²) in [5.74, 6) is 0.484. The monoisotopic (exact) mass is 278 g/mol. The minimum Gasteiger partial charge on any atom is -0.491 e. The van der Waals surface area contributed by atoms with Crippen molar-refractivity contribution in [1.29, 1.82) is 0 Å². The quantitative estimate of drug-likeness (QED) is 0.766. The Balaban J connectivity index is 2.70. The van der Waals surface area contributed by atoms with Gasteiger partial charge in [-0.1, -0.05) is 26.0 Å². The smallest absolute Gasteiger partial charge is 0.237 e. The molecular weight excluding hydrogens is 252 g/mol. The minimum absolute atomic E-state index is 0.0985. The Bertz CT molecular complexity index is 448. The molecule has 1 aromatic rings. The van der Waals surface area contributed by atoms with Crippen LogP contribution < -0.4 is 15.8 Å². The summed E-state index contributed by atoms with van der Waals surface area (Å²) in [6.45, 7) is 8.53. The highest BCUT2D eigenvalue weighted by molar-refractivity contribution is 5.84. The predicted octanol–water partition coefficient (Wildman–Crippen LogP) is 2.26. The number of hydrogen-bond acceptors (Lipinski definition) is 3. The number of aryl methyl sites for hydroxylation is 1. The first kappa shape index (κ1) is 16.5. The molecule has 0 fully saturated rings. The molecule has 0 spiro atoms. The third-order valence-electron chi connectivity index (χ3n) is 3.45. The van der Waals surface area contributed by atoms with Crippen LogP contribution in [0.3, 0.4) is 0 Å². The van der Waals surface area contributed by atoms with Gasteiger partial charge in [0.2, 0.25) is 5.91 Å². The molecule has 0 bridgehead atoms. The standard InChI is InChI=1S/C16H26N2O2/c1-5-13-8-7-9-14(10-13)20-12(3)11-16(4,15(17)19)18-6-2/h7-10,12,18H,5-6,11H2,1-4H3,(H2,17,19). The zero-order valence-electron chi connectivity index (χ0n) is 12.9. The fourth-order valence-corrected chi connectivity index (χ4v) is 2.34. The van der Waals surface area contributed by atoms with Crippen LogP contribution in [0.4, 0.5) is 0 Å². The Hall–Kier alpha value is -1.55. The molecule has 2 atom stereocenters. The molecule has 0 saturated carbocycles. The van der Waals surface area contributed by atoms with Crippen molar-refractivity contribution in [3.63, 3.8) is 0 Å². The summed E-state index contributed by atoms with van der Waals surface area (Å²) < 4.78 is 5.90. The van der Waals surface area contributed by atoms with E-state index in [0.717, 1.165) is 12.2 Å². The van der Waals surface area contributed by atoms with Gasteiger partial charge in [-0.3, -0.25) is 4.79 Å². The van der Waals surface area contributed by atoms with Crippen LogP contribution in [0.5, 0.6) is 5.75 Å². The average molecular weight is 278 g/mol. The summed E-state index contributed by atoms with van der Waals surface area (Å²) in [6, 6.07) is 8.03. The molecule has 1 amide bonds. The number of ether oxygens (including phenoxy) is 1. The number of nitrogens with two attached hydrogens (primary N) is 1. The lowest BCUT2D eigenvalue weighted by molar-refractivity contribution is -0.124. The Morgan fingerprint density at radius 1 is 1.45 bits per heavy atom. The maximum Gasteiger partial charge on any atom is 0.237 e. The molecule has 0 radical (unpaired) electrons. The molecule has 3 N–H and O–H groups in total. The van der Waals surface area contributed by atoms with E-state index >= 15 is 0 Å². The third-order valence-corrected chi connectivity index (χ3v) is 3.45. The Kier molecular flexibility index (Phi) is 6.02. The molecule has 4 heteroatoms. The van der Waals surface area contributed by atoms with E-state index in [0.29, 0.717) is 13.0 Å². The summed E-state index contributed by atoms with van der Waals surface area (Å²) in [7, 11) is 0. The van der Waals surface area contributed by atoms with Crippen molar-refractivity contribution in [2.45, 2.75) is 52.2 Å². The van der Waals surface area contributed by atoms with Crippen molar-refractivity contribution in [3.05, 3.63) is 29.8 Å². The molecule has 0 aliphatic heterocycles. The molecule has 0 aliphatic carbocycles. The van der Waals surface area contributed by atoms with Gasteiger partial charge in [0, 0.05) is 6.42 Å². The van der Waals surface area contributed by atoms with Gasteiger partial charge in [-0.2, -0.15) is 0 Å². The zero-order chi connectivity index (χ0) is 15.2. The molecule has 2 unspecified atom stereocenters. The molecule has 0 heterocycles. The molecule has 4 nitrogen and oxygen atoms in total. The second kappa shape index (κ2) is 7.29. The van der Waals surface area contributed by atoms with Gasteiger partial charge in [-0.25, -0.2) is 0 Å². The van der Waals surface area contributed by atoms with E-state index in [1.54, 1.807) is 0 Å². The number of primary amides is 1.